The zero-order valence-electron chi connectivity index (χ0n) is 10.8. The summed E-state index contributed by atoms with van der Waals surface area (Å²) in [6.45, 7) is 4.31. The molecule has 96 valence electrons. The highest BCUT2D eigenvalue weighted by Crippen LogP contribution is 2.31. The standard InChI is InChI=1S/C16H14OS2/c1-10(2)11-3-5-12(6-4-11)16(17)15-9-14-13(19-15)7-8-18-14/h3-10H,1-2H3. The van der Waals surface area contributed by atoms with E-state index in [4.69, 9.17) is 0 Å². The molecular formula is C16H14OS2. The van der Waals surface area contributed by atoms with E-state index in [2.05, 4.69) is 25.3 Å². The maximum Gasteiger partial charge on any atom is 0.203 e. The second kappa shape index (κ2) is 4.91. The number of rotatable bonds is 3. The first kappa shape index (κ1) is 12.6. The van der Waals surface area contributed by atoms with Crippen LogP contribution in [0.3, 0.4) is 0 Å². The number of fused-ring (bicyclic) bond motifs is 1. The first-order valence-electron chi connectivity index (χ1n) is 6.27. The molecule has 3 rings (SSSR count). The highest BCUT2D eigenvalue weighted by Gasteiger charge is 2.13. The number of carbonyl (C=O) groups excluding carboxylic acids is 1. The topological polar surface area (TPSA) is 17.1 Å². The van der Waals surface area contributed by atoms with Gasteiger partial charge in [-0.05, 0) is 29.0 Å². The molecule has 0 aliphatic rings. The molecule has 0 saturated carbocycles. The number of benzene rings is 1. The molecule has 2 aromatic heterocycles. The summed E-state index contributed by atoms with van der Waals surface area (Å²) in [5.41, 5.74) is 2.04. The van der Waals surface area contributed by atoms with E-state index in [9.17, 15) is 4.79 Å². The van der Waals surface area contributed by atoms with Crippen molar-refractivity contribution in [3.8, 4) is 0 Å². The van der Waals surface area contributed by atoms with Crippen LogP contribution in [-0.4, -0.2) is 5.78 Å². The summed E-state index contributed by atoms with van der Waals surface area (Å²) in [6.07, 6.45) is 0. The lowest BCUT2D eigenvalue weighted by Gasteiger charge is -2.05. The fraction of sp³-hybridized carbons (Fsp3) is 0.188. The van der Waals surface area contributed by atoms with Crippen molar-refractivity contribution < 1.29 is 4.79 Å². The number of hydrogen-bond acceptors (Lipinski definition) is 3. The first-order chi connectivity index (χ1) is 9.15. The fourth-order valence-corrected chi connectivity index (χ4v) is 4.11. The molecule has 1 nitrogen and oxygen atoms in total. The van der Waals surface area contributed by atoms with Crippen molar-refractivity contribution in [2.75, 3.05) is 0 Å². The van der Waals surface area contributed by atoms with Crippen molar-refractivity contribution >= 4 is 37.9 Å². The van der Waals surface area contributed by atoms with Gasteiger partial charge in [-0.3, -0.25) is 4.79 Å². The van der Waals surface area contributed by atoms with Gasteiger partial charge in [-0.1, -0.05) is 38.1 Å². The van der Waals surface area contributed by atoms with Gasteiger partial charge in [0.05, 0.1) is 4.88 Å². The van der Waals surface area contributed by atoms with Crippen molar-refractivity contribution in [2.45, 2.75) is 19.8 Å². The average molecular weight is 286 g/mol. The Hall–Kier alpha value is -1.45. The average Bonchev–Trinajstić information content (AvgIpc) is 2.98. The zero-order valence-corrected chi connectivity index (χ0v) is 12.5. The van der Waals surface area contributed by atoms with Crippen LogP contribution in [0, 0.1) is 0 Å². The maximum absolute atomic E-state index is 12.4. The van der Waals surface area contributed by atoms with Gasteiger partial charge in [0, 0.05) is 15.0 Å². The van der Waals surface area contributed by atoms with E-state index < -0.39 is 0 Å². The van der Waals surface area contributed by atoms with E-state index in [1.807, 2.05) is 30.3 Å². The lowest BCUT2D eigenvalue weighted by atomic mass is 10.0. The molecule has 0 fully saturated rings. The molecule has 19 heavy (non-hydrogen) atoms. The molecule has 0 N–H and O–H groups in total. The van der Waals surface area contributed by atoms with Crippen LogP contribution in [0.4, 0.5) is 0 Å². The molecule has 1 aromatic carbocycles. The van der Waals surface area contributed by atoms with Crippen molar-refractivity contribution in [1.29, 1.82) is 0 Å². The van der Waals surface area contributed by atoms with Gasteiger partial charge in [0.15, 0.2) is 0 Å². The SMILES string of the molecule is CC(C)c1ccc(C(=O)c2cc3sccc3s2)cc1. The molecule has 0 aliphatic carbocycles. The molecular weight excluding hydrogens is 272 g/mol. The van der Waals surface area contributed by atoms with E-state index in [0.717, 1.165) is 10.4 Å². The van der Waals surface area contributed by atoms with Crippen LogP contribution in [0.15, 0.2) is 41.8 Å². The predicted octanol–water partition coefficient (Wildman–Crippen LogP) is 5.32. The highest BCUT2D eigenvalue weighted by molar-refractivity contribution is 7.28. The second-order valence-corrected chi connectivity index (χ2v) is 6.90. The summed E-state index contributed by atoms with van der Waals surface area (Å²) in [6, 6.07) is 12.0. The van der Waals surface area contributed by atoms with Gasteiger partial charge >= 0.3 is 0 Å². The highest BCUT2D eigenvalue weighted by atomic mass is 32.1. The lowest BCUT2D eigenvalue weighted by Crippen LogP contribution is -1.99. The van der Waals surface area contributed by atoms with Gasteiger partial charge in [-0.25, -0.2) is 0 Å². The van der Waals surface area contributed by atoms with E-state index in [1.54, 1.807) is 22.7 Å². The molecule has 0 unspecified atom stereocenters. The Bertz CT molecular complexity index is 688. The molecule has 0 aliphatic heterocycles. The van der Waals surface area contributed by atoms with Crippen molar-refractivity contribution in [3.63, 3.8) is 0 Å². The molecule has 3 heteroatoms. The molecule has 0 bridgehead atoms. The van der Waals surface area contributed by atoms with Gasteiger partial charge in [0.2, 0.25) is 5.78 Å². The number of carbonyl (C=O) groups is 1. The van der Waals surface area contributed by atoms with Gasteiger partial charge in [-0.15, -0.1) is 22.7 Å². The molecule has 0 spiro atoms. The normalized spacial score (nSPS) is 11.3. The minimum absolute atomic E-state index is 0.128. The Labute approximate surface area is 120 Å². The largest absolute Gasteiger partial charge is 0.288 e. The van der Waals surface area contributed by atoms with Crippen LogP contribution < -0.4 is 0 Å². The zero-order chi connectivity index (χ0) is 13.4. The summed E-state index contributed by atoms with van der Waals surface area (Å²) < 4.78 is 2.40. The fourth-order valence-electron chi connectivity index (χ4n) is 2.04. The van der Waals surface area contributed by atoms with Crippen LogP contribution in [0.5, 0.6) is 0 Å². The van der Waals surface area contributed by atoms with Crippen LogP contribution >= 0.6 is 22.7 Å². The summed E-state index contributed by atoms with van der Waals surface area (Å²) in [5, 5.41) is 2.06. The molecule has 2 heterocycles. The lowest BCUT2D eigenvalue weighted by molar-refractivity contribution is 0.104. The van der Waals surface area contributed by atoms with E-state index in [-0.39, 0.29) is 5.78 Å². The minimum Gasteiger partial charge on any atom is -0.288 e. The summed E-state index contributed by atoms with van der Waals surface area (Å²) >= 11 is 3.26. The second-order valence-electron chi connectivity index (χ2n) is 4.87. The Morgan fingerprint density at radius 1 is 1.05 bits per heavy atom. The predicted molar refractivity (Wildman–Crippen MR) is 83.7 cm³/mol. The van der Waals surface area contributed by atoms with E-state index in [1.165, 1.54) is 15.0 Å². The Morgan fingerprint density at radius 3 is 2.42 bits per heavy atom. The smallest absolute Gasteiger partial charge is 0.203 e. The first-order valence-corrected chi connectivity index (χ1v) is 7.96. The number of ketones is 1. The summed E-state index contributed by atoms with van der Waals surface area (Å²) in [4.78, 5) is 13.2. The van der Waals surface area contributed by atoms with Crippen LogP contribution in [0.2, 0.25) is 0 Å². The Balaban J connectivity index is 1.93. The van der Waals surface area contributed by atoms with Gasteiger partial charge in [0.1, 0.15) is 0 Å². The van der Waals surface area contributed by atoms with Crippen LogP contribution in [-0.2, 0) is 0 Å². The third-order valence-electron chi connectivity index (χ3n) is 3.20. The molecule has 0 atom stereocenters. The van der Waals surface area contributed by atoms with Crippen molar-refractivity contribution in [2.24, 2.45) is 0 Å². The van der Waals surface area contributed by atoms with Crippen LogP contribution in [0.25, 0.3) is 9.40 Å². The minimum atomic E-state index is 0.128. The Kier molecular flexibility index (Phi) is 3.25. The van der Waals surface area contributed by atoms with Gasteiger partial charge in [0.25, 0.3) is 0 Å². The number of hydrogen-bond donors (Lipinski definition) is 0. The van der Waals surface area contributed by atoms with Gasteiger partial charge < -0.3 is 0 Å². The quantitative estimate of drug-likeness (QED) is 0.596. The monoisotopic (exact) mass is 286 g/mol. The molecule has 0 saturated heterocycles. The third-order valence-corrected chi connectivity index (χ3v) is 5.29. The van der Waals surface area contributed by atoms with Crippen molar-refractivity contribution in [3.05, 3.63) is 57.8 Å². The Morgan fingerprint density at radius 2 is 1.79 bits per heavy atom. The molecule has 0 amide bonds. The van der Waals surface area contributed by atoms with E-state index in [0.29, 0.717) is 5.92 Å². The molecule has 0 radical (unpaired) electrons. The number of thiophene rings is 2. The van der Waals surface area contributed by atoms with E-state index >= 15 is 0 Å². The van der Waals surface area contributed by atoms with Crippen LogP contribution in [0.1, 0.15) is 40.6 Å². The summed E-state index contributed by atoms with van der Waals surface area (Å²) in [7, 11) is 0. The molecule has 3 aromatic rings. The maximum atomic E-state index is 12.4. The van der Waals surface area contributed by atoms with Crippen molar-refractivity contribution in [1.82, 2.24) is 0 Å². The summed E-state index contributed by atoms with van der Waals surface area (Å²) in [5.74, 6) is 0.625. The van der Waals surface area contributed by atoms with Gasteiger partial charge in [-0.2, -0.15) is 0 Å². The third kappa shape index (κ3) is 2.36.